The van der Waals surface area contributed by atoms with Gasteiger partial charge in [0.05, 0.1) is 6.07 Å². The predicted octanol–water partition coefficient (Wildman–Crippen LogP) is 3.48. The van der Waals surface area contributed by atoms with E-state index in [1.807, 2.05) is 13.8 Å². The molecule has 1 fully saturated rings. The van der Waals surface area contributed by atoms with Crippen molar-refractivity contribution in [1.82, 2.24) is 5.32 Å². The second-order valence-electron chi connectivity index (χ2n) is 5.33. The maximum absolute atomic E-state index is 8.56. The van der Waals surface area contributed by atoms with E-state index in [1.165, 1.54) is 6.42 Å². The lowest BCUT2D eigenvalue weighted by Gasteiger charge is -2.28. The zero-order valence-electron chi connectivity index (χ0n) is 11.1. The summed E-state index contributed by atoms with van der Waals surface area (Å²) in [6, 6.07) is 2.23. The lowest BCUT2D eigenvalue weighted by atomic mass is 9.84. The molecule has 0 radical (unpaired) electrons. The molecule has 0 amide bonds. The van der Waals surface area contributed by atoms with Crippen LogP contribution in [-0.2, 0) is 0 Å². The van der Waals surface area contributed by atoms with Crippen LogP contribution in [0.15, 0.2) is 0 Å². The standard InChI is InChI=1S/C11H20N2.C2H6/c1-10(2)8-9(6-5-7-12)11(3,4)13-10;1-2/h9,13H,5-6,8H2,1-4H3;1-2H3. The van der Waals surface area contributed by atoms with Crippen LogP contribution in [-0.4, -0.2) is 11.1 Å². The number of hydrogen-bond donors (Lipinski definition) is 1. The van der Waals surface area contributed by atoms with Gasteiger partial charge in [0.2, 0.25) is 0 Å². The Morgan fingerprint density at radius 3 is 2.13 bits per heavy atom. The lowest BCUT2D eigenvalue weighted by Crippen LogP contribution is -2.45. The molecule has 1 atom stereocenters. The molecular formula is C13H26N2. The minimum Gasteiger partial charge on any atom is -0.307 e. The van der Waals surface area contributed by atoms with E-state index in [9.17, 15) is 0 Å². The topological polar surface area (TPSA) is 35.8 Å². The fourth-order valence-electron chi connectivity index (χ4n) is 2.60. The van der Waals surface area contributed by atoms with Gasteiger partial charge in [-0.3, -0.25) is 0 Å². The zero-order chi connectivity index (χ0) is 12.1. The summed E-state index contributed by atoms with van der Waals surface area (Å²) in [6.45, 7) is 13.0. The van der Waals surface area contributed by atoms with Crippen LogP contribution in [0.1, 0.15) is 60.8 Å². The van der Waals surface area contributed by atoms with Crippen LogP contribution in [0.3, 0.4) is 0 Å². The van der Waals surface area contributed by atoms with Gasteiger partial charge in [0.15, 0.2) is 0 Å². The molecule has 15 heavy (non-hydrogen) atoms. The Hall–Kier alpha value is -0.550. The summed E-state index contributed by atoms with van der Waals surface area (Å²) < 4.78 is 0. The molecule has 88 valence electrons. The lowest BCUT2D eigenvalue weighted by molar-refractivity contribution is 0.311. The van der Waals surface area contributed by atoms with E-state index in [0.29, 0.717) is 12.3 Å². The van der Waals surface area contributed by atoms with E-state index in [0.717, 1.165) is 6.42 Å². The van der Waals surface area contributed by atoms with Gasteiger partial charge in [-0.2, -0.15) is 5.26 Å². The second-order valence-corrected chi connectivity index (χ2v) is 5.33. The summed E-state index contributed by atoms with van der Waals surface area (Å²) in [5, 5.41) is 12.2. The normalized spacial score (nSPS) is 26.3. The summed E-state index contributed by atoms with van der Waals surface area (Å²) in [4.78, 5) is 0. The van der Waals surface area contributed by atoms with Gasteiger partial charge in [-0.25, -0.2) is 0 Å². The van der Waals surface area contributed by atoms with Crippen LogP contribution >= 0.6 is 0 Å². The molecule has 0 aromatic rings. The van der Waals surface area contributed by atoms with E-state index in [2.05, 4.69) is 39.1 Å². The summed E-state index contributed by atoms with van der Waals surface area (Å²) in [5.41, 5.74) is 0.434. The van der Waals surface area contributed by atoms with E-state index in [-0.39, 0.29) is 11.1 Å². The van der Waals surface area contributed by atoms with Crippen LogP contribution in [0.4, 0.5) is 0 Å². The minimum absolute atomic E-state index is 0.195. The first-order valence-electron chi connectivity index (χ1n) is 6.04. The Kier molecular flexibility index (Phi) is 5.31. The van der Waals surface area contributed by atoms with Crippen molar-refractivity contribution >= 4 is 0 Å². The largest absolute Gasteiger partial charge is 0.307 e. The maximum atomic E-state index is 8.56. The molecule has 1 unspecified atom stereocenters. The van der Waals surface area contributed by atoms with Gasteiger partial charge < -0.3 is 5.32 Å². The summed E-state index contributed by atoms with van der Waals surface area (Å²) >= 11 is 0. The van der Waals surface area contributed by atoms with E-state index in [4.69, 9.17) is 5.26 Å². The average molecular weight is 210 g/mol. The number of nitriles is 1. The molecule has 2 nitrogen and oxygen atoms in total. The molecule has 1 rings (SSSR count). The van der Waals surface area contributed by atoms with Crippen molar-refractivity contribution in [1.29, 1.82) is 5.26 Å². The number of nitrogens with one attached hydrogen (secondary N) is 1. The monoisotopic (exact) mass is 210 g/mol. The molecule has 1 heterocycles. The van der Waals surface area contributed by atoms with Crippen LogP contribution in [0.2, 0.25) is 0 Å². The van der Waals surface area contributed by atoms with Crippen molar-refractivity contribution in [3.05, 3.63) is 0 Å². The van der Waals surface area contributed by atoms with E-state index >= 15 is 0 Å². The van der Waals surface area contributed by atoms with Gasteiger partial charge >= 0.3 is 0 Å². The van der Waals surface area contributed by atoms with Gasteiger partial charge in [0.25, 0.3) is 0 Å². The first-order chi connectivity index (χ1) is 6.87. The second kappa shape index (κ2) is 5.51. The van der Waals surface area contributed by atoms with Crippen LogP contribution in [0.25, 0.3) is 0 Å². The van der Waals surface area contributed by atoms with Gasteiger partial charge in [0.1, 0.15) is 0 Å². The third-order valence-corrected chi connectivity index (χ3v) is 3.04. The Labute approximate surface area is 95.1 Å². The third-order valence-electron chi connectivity index (χ3n) is 3.04. The molecule has 0 aliphatic carbocycles. The van der Waals surface area contributed by atoms with E-state index in [1.54, 1.807) is 0 Å². The van der Waals surface area contributed by atoms with Gasteiger partial charge in [-0.15, -0.1) is 0 Å². The van der Waals surface area contributed by atoms with E-state index < -0.39 is 0 Å². The number of nitrogens with zero attached hydrogens (tertiary/aromatic N) is 1. The zero-order valence-corrected chi connectivity index (χ0v) is 11.1. The molecule has 0 aromatic carbocycles. The number of hydrogen-bond acceptors (Lipinski definition) is 2. The van der Waals surface area contributed by atoms with Crippen LogP contribution in [0, 0.1) is 17.2 Å². The van der Waals surface area contributed by atoms with Gasteiger partial charge in [-0.1, -0.05) is 13.8 Å². The summed E-state index contributed by atoms with van der Waals surface area (Å²) in [7, 11) is 0. The highest BCUT2D eigenvalue weighted by atomic mass is 15.1. The highest BCUT2D eigenvalue weighted by Crippen LogP contribution is 2.38. The SMILES string of the molecule is CC.CC1(C)CC(CCC#N)C(C)(C)N1. The quantitative estimate of drug-likeness (QED) is 0.757. The highest BCUT2D eigenvalue weighted by molar-refractivity contribution is 5.03. The molecule has 2 heteroatoms. The molecule has 1 N–H and O–H groups in total. The first kappa shape index (κ1) is 14.5. The minimum atomic E-state index is 0.195. The molecule has 0 aromatic heterocycles. The molecular weight excluding hydrogens is 184 g/mol. The Bertz CT molecular complexity index is 223. The van der Waals surface area contributed by atoms with Crippen molar-refractivity contribution in [3.8, 4) is 6.07 Å². The summed E-state index contributed by atoms with van der Waals surface area (Å²) in [6.07, 6.45) is 2.90. The fraction of sp³-hybridized carbons (Fsp3) is 0.923. The first-order valence-corrected chi connectivity index (χ1v) is 6.04. The fourth-order valence-corrected chi connectivity index (χ4v) is 2.60. The number of rotatable bonds is 2. The van der Waals surface area contributed by atoms with Crippen LogP contribution < -0.4 is 5.32 Å². The van der Waals surface area contributed by atoms with Crippen molar-refractivity contribution in [3.63, 3.8) is 0 Å². The summed E-state index contributed by atoms with van der Waals surface area (Å²) in [5.74, 6) is 0.641. The molecule has 1 aliphatic heterocycles. The van der Waals surface area contributed by atoms with Gasteiger partial charge in [-0.05, 0) is 46.5 Å². The maximum Gasteiger partial charge on any atom is 0.0621 e. The van der Waals surface area contributed by atoms with Gasteiger partial charge in [0, 0.05) is 17.5 Å². The van der Waals surface area contributed by atoms with Crippen molar-refractivity contribution in [2.45, 2.75) is 71.9 Å². The average Bonchev–Trinajstić information content (AvgIpc) is 2.34. The molecule has 1 aliphatic rings. The third kappa shape index (κ3) is 4.22. The smallest absolute Gasteiger partial charge is 0.0621 e. The Morgan fingerprint density at radius 2 is 1.80 bits per heavy atom. The predicted molar refractivity (Wildman–Crippen MR) is 65.6 cm³/mol. The molecule has 0 saturated carbocycles. The van der Waals surface area contributed by atoms with Crippen molar-refractivity contribution in [2.75, 3.05) is 0 Å². The Morgan fingerprint density at radius 1 is 1.27 bits per heavy atom. The molecule has 0 spiro atoms. The molecule has 0 bridgehead atoms. The Balaban J connectivity index is 0.000000921. The van der Waals surface area contributed by atoms with Crippen LogP contribution in [0.5, 0.6) is 0 Å². The van der Waals surface area contributed by atoms with Crippen molar-refractivity contribution in [2.24, 2.45) is 5.92 Å². The highest BCUT2D eigenvalue weighted by Gasteiger charge is 2.43. The van der Waals surface area contributed by atoms with Crippen molar-refractivity contribution < 1.29 is 0 Å². The molecule has 1 saturated heterocycles.